The molecule has 0 aromatic heterocycles. The Morgan fingerprint density at radius 2 is 0.458 bits per heavy atom. The second kappa shape index (κ2) is 61.4. The first-order chi connectivity index (χ1) is 35.5. The largest absolute Gasteiger partial charge is 0.462 e. The normalized spacial score (nSPS) is 12.1. The van der Waals surface area contributed by atoms with Crippen molar-refractivity contribution in [1.29, 1.82) is 0 Å². The Labute approximate surface area is 449 Å². The molecule has 424 valence electrons. The summed E-state index contributed by atoms with van der Waals surface area (Å²) in [5, 5.41) is 0. The van der Waals surface area contributed by atoms with Gasteiger partial charge in [0.15, 0.2) is 6.10 Å². The topological polar surface area (TPSA) is 78.9 Å². The van der Waals surface area contributed by atoms with E-state index in [0.717, 1.165) is 57.8 Å². The summed E-state index contributed by atoms with van der Waals surface area (Å²) in [6.45, 7) is 6.70. The SMILES string of the molecule is CCCCCCCC/C=C\CCCCCCCCCC(=O)OC[C@H](COC(=O)CCCCCCCCC/C=C\CCCCCCCCCC)OC(=O)CCCCCCCCCCCCCCCCCCCC. The van der Waals surface area contributed by atoms with E-state index in [1.807, 2.05) is 0 Å². The molecule has 0 unspecified atom stereocenters. The number of rotatable bonds is 60. The molecule has 0 aliphatic rings. The molecule has 0 heterocycles. The molecule has 0 aliphatic heterocycles. The molecule has 72 heavy (non-hydrogen) atoms. The zero-order chi connectivity index (χ0) is 52.2. The van der Waals surface area contributed by atoms with Crippen molar-refractivity contribution < 1.29 is 28.6 Å². The van der Waals surface area contributed by atoms with Gasteiger partial charge in [0, 0.05) is 19.3 Å². The van der Waals surface area contributed by atoms with Crippen molar-refractivity contribution in [3.05, 3.63) is 24.3 Å². The summed E-state index contributed by atoms with van der Waals surface area (Å²) in [6, 6.07) is 0. The number of hydrogen-bond donors (Lipinski definition) is 0. The average molecular weight is 1010 g/mol. The molecule has 0 fully saturated rings. The van der Waals surface area contributed by atoms with E-state index in [1.165, 1.54) is 263 Å². The number of carbonyl (C=O) groups is 3. The van der Waals surface area contributed by atoms with Crippen LogP contribution in [0.2, 0.25) is 0 Å². The van der Waals surface area contributed by atoms with Gasteiger partial charge in [-0.1, -0.05) is 295 Å². The monoisotopic (exact) mass is 1010 g/mol. The van der Waals surface area contributed by atoms with Crippen molar-refractivity contribution in [3.63, 3.8) is 0 Å². The van der Waals surface area contributed by atoms with E-state index in [-0.39, 0.29) is 31.1 Å². The van der Waals surface area contributed by atoms with Gasteiger partial charge in [0.25, 0.3) is 0 Å². The van der Waals surface area contributed by atoms with E-state index >= 15 is 0 Å². The molecule has 0 bridgehead atoms. The predicted octanol–water partition coefficient (Wildman–Crippen LogP) is 21.8. The molecular weight excluding hydrogens is 889 g/mol. The minimum absolute atomic E-state index is 0.0700. The third-order valence-corrected chi connectivity index (χ3v) is 14.7. The van der Waals surface area contributed by atoms with E-state index in [1.54, 1.807) is 0 Å². The van der Waals surface area contributed by atoms with E-state index in [4.69, 9.17) is 14.2 Å². The van der Waals surface area contributed by atoms with Crippen LogP contribution in [0, 0.1) is 0 Å². The predicted molar refractivity (Wildman–Crippen MR) is 312 cm³/mol. The molecule has 6 nitrogen and oxygen atoms in total. The van der Waals surface area contributed by atoms with Crippen molar-refractivity contribution in [2.24, 2.45) is 0 Å². The first-order valence-electron chi connectivity index (χ1n) is 32.3. The van der Waals surface area contributed by atoms with Gasteiger partial charge in [-0.25, -0.2) is 0 Å². The lowest BCUT2D eigenvalue weighted by Crippen LogP contribution is -2.30. The minimum atomic E-state index is -0.772. The van der Waals surface area contributed by atoms with Gasteiger partial charge in [-0.15, -0.1) is 0 Å². The Hall–Kier alpha value is -2.11. The van der Waals surface area contributed by atoms with Crippen molar-refractivity contribution >= 4 is 17.9 Å². The quantitative estimate of drug-likeness (QED) is 0.0261. The zero-order valence-electron chi connectivity index (χ0n) is 48.7. The maximum Gasteiger partial charge on any atom is 0.306 e. The highest BCUT2D eigenvalue weighted by Gasteiger charge is 2.19. The molecule has 0 N–H and O–H groups in total. The molecular formula is C66H124O6. The van der Waals surface area contributed by atoms with Gasteiger partial charge in [0.1, 0.15) is 13.2 Å². The van der Waals surface area contributed by atoms with Gasteiger partial charge in [0.05, 0.1) is 0 Å². The number of unbranched alkanes of at least 4 members (excludes halogenated alkanes) is 45. The molecule has 1 atom stereocenters. The number of hydrogen-bond acceptors (Lipinski definition) is 6. The van der Waals surface area contributed by atoms with E-state index in [0.29, 0.717) is 19.3 Å². The number of allylic oxidation sites excluding steroid dienone is 4. The zero-order valence-corrected chi connectivity index (χ0v) is 48.7. The van der Waals surface area contributed by atoms with Gasteiger partial charge < -0.3 is 14.2 Å². The van der Waals surface area contributed by atoms with Crippen LogP contribution in [0.5, 0.6) is 0 Å². The fourth-order valence-corrected chi connectivity index (χ4v) is 9.79. The van der Waals surface area contributed by atoms with Crippen LogP contribution in [0.1, 0.15) is 361 Å². The van der Waals surface area contributed by atoms with Gasteiger partial charge in [-0.05, 0) is 70.6 Å². The summed E-state index contributed by atoms with van der Waals surface area (Å²) in [6.07, 6.45) is 73.2. The van der Waals surface area contributed by atoms with Gasteiger partial charge in [0.2, 0.25) is 0 Å². The third kappa shape index (κ3) is 58.8. The maximum atomic E-state index is 12.9. The van der Waals surface area contributed by atoms with Crippen molar-refractivity contribution in [1.82, 2.24) is 0 Å². The van der Waals surface area contributed by atoms with Crippen molar-refractivity contribution in [2.75, 3.05) is 13.2 Å². The van der Waals surface area contributed by atoms with Crippen LogP contribution in [0.25, 0.3) is 0 Å². The molecule has 0 rings (SSSR count). The Bertz CT molecular complexity index is 1160. The lowest BCUT2D eigenvalue weighted by atomic mass is 10.0. The summed E-state index contributed by atoms with van der Waals surface area (Å²) in [7, 11) is 0. The Morgan fingerprint density at radius 3 is 0.694 bits per heavy atom. The summed E-state index contributed by atoms with van der Waals surface area (Å²) in [4.78, 5) is 38.3. The van der Waals surface area contributed by atoms with Gasteiger partial charge >= 0.3 is 17.9 Å². The minimum Gasteiger partial charge on any atom is -0.462 e. The van der Waals surface area contributed by atoms with Crippen LogP contribution < -0.4 is 0 Å². The Kier molecular flexibility index (Phi) is 59.6. The summed E-state index contributed by atoms with van der Waals surface area (Å²) in [5.74, 6) is -0.851. The van der Waals surface area contributed by atoms with Crippen LogP contribution in [-0.2, 0) is 28.6 Å². The van der Waals surface area contributed by atoms with Crippen molar-refractivity contribution in [3.8, 4) is 0 Å². The van der Waals surface area contributed by atoms with Crippen LogP contribution in [0.3, 0.4) is 0 Å². The molecule has 0 aromatic carbocycles. The molecule has 0 amide bonds. The average Bonchev–Trinajstić information content (AvgIpc) is 3.38. The second-order valence-corrected chi connectivity index (χ2v) is 22.0. The highest BCUT2D eigenvalue weighted by molar-refractivity contribution is 5.71. The van der Waals surface area contributed by atoms with Crippen LogP contribution in [-0.4, -0.2) is 37.2 Å². The van der Waals surface area contributed by atoms with Crippen molar-refractivity contribution in [2.45, 2.75) is 367 Å². The summed E-state index contributed by atoms with van der Waals surface area (Å²) >= 11 is 0. The molecule has 0 saturated heterocycles. The van der Waals surface area contributed by atoms with E-state index < -0.39 is 6.10 Å². The lowest BCUT2D eigenvalue weighted by Gasteiger charge is -2.18. The fraction of sp³-hybridized carbons (Fsp3) is 0.894. The molecule has 0 aliphatic carbocycles. The van der Waals surface area contributed by atoms with Gasteiger partial charge in [-0.3, -0.25) is 14.4 Å². The first-order valence-corrected chi connectivity index (χ1v) is 32.3. The fourth-order valence-electron chi connectivity index (χ4n) is 9.79. The summed E-state index contributed by atoms with van der Waals surface area (Å²) < 4.78 is 17.0. The number of ether oxygens (including phenoxy) is 3. The van der Waals surface area contributed by atoms with E-state index in [2.05, 4.69) is 45.1 Å². The Morgan fingerprint density at radius 1 is 0.264 bits per heavy atom. The van der Waals surface area contributed by atoms with E-state index in [9.17, 15) is 14.4 Å². The number of esters is 3. The lowest BCUT2D eigenvalue weighted by molar-refractivity contribution is -0.167. The summed E-state index contributed by atoms with van der Waals surface area (Å²) in [5.41, 5.74) is 0. The number of carbonyl (C=O) groups excluding carboxylic acids is 3. The van der Waals surface area contributed by atoms with Crippen LogP contribution in [0.4, 0.5) is 0 Å². The standard InChI is InChI=1S/C66H124O6/c1-4-7-10-13-16-19-22-25-28-31-33-36-38-41-44-47-50-53-56-59-65(68)71-62-63(61-70-64(67)58-55-52-49-46-43-40-37-34-30-27-24-21-18-15-12-9-6-3)72-66(69)60-57-54-51-48-45-42-39-35-32-29-26-23-20-17-14-11-8-5-2/h27,30-31,33,63H,4-26,28-29,32,34-62H2,1-3H3/b30-27-,33-31-/t63-/m1/s1. The maximum absolute atomic E-state index is 12.9. The Balaban J connectivity index is 4.33. The molecule has 0 aromatic rings. The van der Waals surface area contributed by atoms with Crippen LogP contribution >= 0.6 is 0 Å². The third-order valence-electron chi connectivity index (χ3n) is 14.7. The molecule has 0 radical (unpaired) electrons. The highest BCUT2D eigenvalue weighted by atomic mass is 16.6. The van der Waals surface area contributed by atoms with Crippen LogP contribution in [0.15, 0.2) is 24.3 Å². The molecule has 0 saturated carbocycles. The van der Waals surface area contributed by atoms with Gasteiger partial charge in [-0.2, -0.15) is 0 Å². The molecule has 0 spiro atoms. The first kappa shape index (κ1) is 69.9. The highest BCUT2D eigenvalue weighted by Crippen LogP contribution is 2.17. The molecule has 6 heteroatoms. The smallest absolute Gasteiger partial charge is 0.306 e. The second-order valence-electron chi connectivity index (χ2n) is 22.0.